The molecule has 5 rings (SSSR count). The van der Waals surface area contributed by atoms with Crippen LogP contribution in [0.15, 0.2) is 30.6 Å². The van der Waals surface area contributed by atoms with Crippen molar-refractivity contribution in [2.75, 3.05) is 25.5 Å². The normalized spacial score (nSPS) is 21.6. The number of aromatic nitrogens is 2. The van der Waals surface area contributed by atoms with E-state index in [1.165, 1.54) is 18.1 Å². The van der Waals surface area contributed by atoms with Gasteiger partial charge in [0.1, 0.15) is 6.54 Å². The van der Waals surface area contributed by atoms with Crippen LogP contribution >= 0.6 is 0 Å². The second-order valence-electron chi connectivity index (χ2n) is 7.81. The van der Waals surface area contributed by atoms with E-state index >= 15 is 0 Å². The molecule has 0 spiro atoms. The van der Waals surface area contributed by atoms with Crippen molar-refractivity contribution >= 4 is 23.2 Å². The molecule has 2 aromatic rings. The summed E-state index contributed by atoms with van der Waals surface area (Å²) in [4.78, 5) is 36.6. The number of nitrogens with zero attached hydrogens (tertiary/aromatic N) is 4. The molecule has 3 aliphatic rings. The zero-order valence-corrected chi connectivity index (χ0v) is 16.6. The molecule has 31 heavy (non-hydrogen) atoms. The van der Waals surface area contributed by atoms with Gasteiger partial charge in [-0.1, -0.05) is 6.08 Å². The third-order valence-electron chi connectivity index (χ3n) is 5.97. The van der Waals surface area contributed by atoms with Crippen molar-refractivity contribution in [3.63, 3.8) is 0 Å². The van der Waals surface area contributed by atoms with Crippen LogP contribution in [0.4, 0.5) is 19.3 Å². The number of halogens is 2. The first-order chi connectivity index (χ1) is 14.9. The Kier molecular flexibility index (Phi) is 4.57. The van der Waals surface area contributed by atoms with Crippen molar-refractivity contribution in [2.24, 2.45) is 5.92 Å². The lowest BCUT2D eigenvalue weighted by atomic mass is 10.0. The van der Waals surface area contributed by atoms with Gasteiger partial charge in [-0.15, -0.1) is 0 Å². The number of rotatable bonds is 4. The Morgan fingerprint density at radius 1 is 1.29 bits per heavy atom. The molecular formula is C21H19F2N5O3. The largest absolute Gasteiger partial charge is 0.467 e. The molecule has 8 nitrogen and oxygen atoms in total. The van der Waals surface area contributed by atoms with E-state index in [9.17, 15) is 18.4 Å². The van der Waals surface area contributed by atoms with Crippen molar-refractivity contribution in [2.45, 2.75) is 19.0 Å². The summed E-state index contributed by atoms with van der Waals surface area (Å²) < 4.78 is 32.7. The van der Waals surface area contributed by atoms with Gasteiger partial charge in [-0.2, -0.15) is 0 Å². The third-order valence-corrected chi connectivity index (χ3v) is 5.97. The molecular weight excluding hydrogens is 408 g/mol. The maximum Gasteiger partial charge on any atom is 0.322 e. The number of hydrogen-bond donors (Lipinski definition) is 1. The molecule has 0 radical (unpaired) electrons. The summed E-state index contributed by atoms with van der Waals surface area (Å²) in [6, 6.07) is 1.89. The molecule has 0 unspecified atom stereocenters. The van der Waals surface area contributed by atoms with E-state index in [2.05, 4.69) is 21.4 Å². The van der Waals surface area contributed by atoms with Gasteiger partial charge in [-0.25, -0.2) is 23.5 Å². The van der Waals surface area contributed by atoms with Gasteiger partial charge in [0.15, 0.2) is 11.6 Å². The zero-order valence-electron chi connectivity index (χ0n) is 16.6. The molecule has 1 saturated heterocycles. The minimum Gasteiger partial charge on any atom is -0.467 e. The number of nitrogens with one attached hydrogen (secondary N) is 1. The second-order valence-corrected chi connectivity index (χ2v) is 7.81. The van der Waals surface area contributed by atoms with Gasteiger partial charge in [0.2, 0.25) is 5.91 Å². The zero-order chi connectivity index (χ0) is 21.7. The summed E-state index contributed by atoms with van der Waals surface area (Å²) in [5.74, 6) is -2.04. The molecule has 10 heteroatoms. The number of methoxy groups -OCH3 is 1. The molecule has 160 valence electrons. The van der Waals surface area contributed by atoms with Crippen LogP contribution in [0.3, 0.4) is 0 Å². The highest BCUT2D eigenvalue weighted by molar-refractivity contribution is 5.95. The summed E-state index contributed by atoms with van der Waals surface area (Å²) in [6.45, 7) is 0.156. The smallest absolute Gasteiger partial charge is 0.322 e. The molecule has 2 aliphatic heterocycles. The van der Waals surface area contributed by atoms with Crippen LogP contribution in [0.25, 0.3) is 5.57 Å². The molecule has 2 atom stereocenters. The quantitative estimate of drug-likeness (QED) is 0.810. The fraction of sp³-hybridized carbons (Fsp3) is 0.333. The highest BCUT2D eigenvalue weighted by atomic mass is 19.2. The van der Waals surface area contributed by atoms with Gasteiger partial charge in [-0.05, 0) is 30.0 Å². The lowest BCUT2D eigenvalue weighted by molar-refractivity contribution is -0.132. The SMILES string of the molecule is COc1ncc(C2=C[C@H]3C[C@@H]2N(C(=O)CN2Cc4c(ccc(F)c4F)NC2=O)C3)cn1. The maximum atomic E-state index is 14.2. The predicted molar refractivity (Wildman–Crippen MR) is 106 cm³/mol. The monoisotopic (exact) mass is 427 g/mol. The molecule has 3 amide bonds. The lowest BCUT2D eigenvalue weighted by Gasteiger charge is -2.33. The number of likely N-dealkylation sites (tertiary alicyclic amines) is 1. The average molecular weight is 427 g/mol. The topological polar surface area (TPSA) is 87.7 Å². The highest BCUT2D eigenvalue weighted by Crippen LogP contribution is 2.41. The summed E-state index contributed by atoms with van der Waals surface area (Å²) in [6.07, 6.45) is 6.24. The van der Waals surface area contributed by atoms with Crippen molar-refractivity contribution in [3.05, 3.63) is 53.4 Å². The number of amides is 3. The van der Waals surface area contributed by atoms with E-state index in [-0.39, 0.29) is 48.2 Å². The van der Waals surface area contributed by atoms with E-state index in [0.29, 0.717) is 6.54 Å². The van der Waals surface area contributed by atoms with Crippen LogP contribution in [0.2, 0.25) is 0 Å². The van der Waals surface area contributed by atoms with E-state index < -0.39 is 17.7 Å². The van der Waals surface area contributed by atoms with Crippen LogP contribution in [-0.4, -0.2) is 57.9 Å². The summed E-state index contributed by atoms with van der Waals surface area (Å²) in [5.41, 5.74) is 2.03. The van der Waals surface area contributed by atoms with Crippen molar-refractivity contribution in [1.82, 2.24) is 19.8 Å². The minimum atomic E-state index is -1.01. The fourth-order valence-corrected chi connectivity index (χ4v) is 4.49. The lowest BCUT2D eigenvalue weighted by Crippen LogP contribution is -2.48. The Morgan fingerprint density at radius 3 is 2.77 bits per heavy atom. The number of carbonyl (C=O) groups excluding carboxylic acids is 2. The van der Waals surface area contributed by atoms with Crippen LogP contribution in [-0.2, 0) is 11.3 Å². The van der Waals surface area contributed by atoms with Gasteiger partial charge < -0.3 is 19.9 Å². The van der Waals surface area contributed by atoms with Crippen molar-refractivity contribution in [3.8, 4) is 6.01 Å². The van der Waals surface area contributed by atoms with Gasteiger partial charge in [-0.3, -0.25) is 4.79 Å². The molecule has 1 aliphatic carbocycles. The Morgan fingerprint density at radius 2 is 2.06 bits per heavy atom. The molecule has 1 fully saturated rings. The summed E-state index contributed by atoms with van der Waals surface area (Å²) >= 11 is 0. The number of ether oxygens (including phenoxy) is 1. The maximum absolute atomic E-state index is 14.2. The van der Waals surface area contributed by atoms with Gasteiger partial charge >= 0.3 is 12.0 Å². The minimum absolute atomic E-state index is 0.0336. The molecule has 1 aromatic carbocycles. The van der Waals surface area contributed by atoms with E-state index in [4.69, 9.17) is 4.74 Å². The van der Waals surface area contributed by atoms with Crippen LogP contribution in [0.1, 0.15) is 17.5 Å². The number of hydrogen-bond acceptors (Lipinski definition) is 5. The van der Waals surface area contributed by atoms with E-state index in [1.807, 2.05) is 0 Å². The first kappa shape index (κ1) is 19.4. The average Bonchev–Trinajstić information content (AvgIpc) is 3.39. The summed E-state index contributed by atoms with van der Waals surface area (Å²) in [7, 11) is 1.49. The molecule has 1 aromatic heterocycles. The Bertz CT molecular complexity index is 1100. The van der Waals surface area contributed by atoms with E-state index in [1.54, 1.807) is 17.3 Å². The van der Waals surface area contributed by atoms with E-state index in [0.717, 1.165) is 23.6 Å². The fourth-order valence-electron chi connectivity index (χ4n) is 4.49. The first-order valence-electron chi connectivity index (χ1n) is 9.85. The number of anilines is 1. The highest BCUT2D eigenvalue weighted by Gasteiger charge is 2.43. The van der Waals surface area contributed by atoms with Crippen molar-refractivity contribution < 1.29 is 23.1 Å². The summed E-state index contributed by atoms with van der Waals surface area (Å²) in [5, 5.41) is 2.52. The van der Waals surface area contributed by atoms with Gasteiger partial charge in [0, 0.05) is 30.1 Å². The van der Waals surface area contributed by atoms with Crippen LogP contribution in [0.5, 0.6) is 6.01 Å². The predicted octanol–water partition coefficient (Wildman–Crippen LogP) is 2.43. The number of fused-ring (bicyclic) bond motifs is 3. The second kappa shape index (κ2) is 7.29. The Balaban J connectivity index is 1.31. The Labute approximate surface area is 176 Å². The number of urea groups is 1. The molecule has 0 saturated carbocycles. The van der Waals surface area contributed by atoms with Crippen molar-refractivity contribution in [1.29, 1.82) is 0 Å². The van der Waals surface area contributed by atoms with Gasteiger partial charge in [0.25, 0.3) is 0 Å². The molecule has 1 N–H and O–H groups in total. The standard InChI is InChI=1S/C21H19F2N5O3/c1-31-20-24-6-12(7-25-20)13-4-11-5-17(13)28(8-11)18(29)10-27-9-14-16(26-21(27)30)3-2-15(22)19(14)23/h2-4,6-7,11,17H,5,8-10H2,1H3,(H,26,30)/t11-,17-/m0/s1. The number of benzene rings is 1. The van der Waals surface area contributed by atoms with Gasteiger partial charge in [0.05, 0.1) is 25.4 Å². The molecule has 3 heterocycles. The van der Waals surface area contributed by atoms with Crippen LogP contribution in [0, 0.1) is 17.6 Å². The number of carbonyl (C=O) groups is 2. The van der Waals surface area contributed by atoms with Crippen LogP contribution < -0.4 is 10.1 Å². The Hall–Kier alpha value is -3.56. The third kappa shape index (κ3) is 3.28. The first-order valence-corrected chi connectivity index (χ1v) is 9.85. The molecule has 2 bridgehead atoms.